The van der Waals surface area contributed by atoms with E-state index in [0.29, 0.717) is 33.4 Å². The van der Waals surface area contributed by atoms with Crippen molar-refractivity contribution in [1.29, 1.82) is 0 Å². The van der Waals surface area contributed by atoms with Gasteiger partial charge in [-0.05, 0) is 18.9 Å². The first kappa shape index (κ1) is 15.3. The molecule has 19 heavy (non-hydrogen) atoms. The van der Waals surface area contributed by atoms with Crippen molar-refractivity contribution < 1.29 is 9.90 Å². The first-order valence-electron chi connectivity index (χ1n) is 6.44. The van der Waals surface area contributed by atoms with E-state index in [0.717, 1.165) is 12.8 Å². The molecule has 1 aliphatic rings. The number of hydrogen-bond donors (Lipinski definition) is 1. The molecular weight excluding hydrogens is 305 g/mol. The Morgan fingerprint density at radius 1 is 1.42 bits per heavy atom. The van der Waals surface area contributed by atoms with Gasteiger partial charge >= 0.3 is 0 Å². The molecule has 1 aromatic rings. The summed E-state index contributed by atoms with van der Waals surface area (Å²) >= 11 is 13.1. The van der Waals surface area contributed by atoms with E-state index >= 15 is 0 Å². The Balaban J connectivity index is 2.03. The lowest BCUT2D eigenvalue weighted by atomic mass is 10.1. The molecule has 1 heterocycles. The van der Waals surface area contributed by atoms with Gasteiger partial charge in [0, 0.05) is 12.6 Å². The molecule has 0 aromatic carbocycles. The molecule has 1 aliphatic carbocycles. The third-order valence-corrected chi connectivity index (χ3v) is 5.02. The molecule has 1 fully saturated rings. The molecule has 1 aromatic heterocycles. The maximum Gasteiger partial charge on any atom is 0.179 e. The molecule has 0 aliphatic heterocycles. The summed E-state index contributed by atoms with van der Waals surface area (Å²) in [6.07, 6.45) is 4.61. The van der Waals surface area contributed by atoms with E-state index < -0.39 is 0 Å². The number of aliphatic hydroxyl groups excluding tert-OH is 1. The molecule has 0 bridgehead atoms. The Bertz CT molecular complexity index is 444. The first-order valence-corrected chi connectivity index (χ1v) is 8.02. The summed E-state index contributed by atoms with van der Waals surface area (Å²) in [6, 6.07) is 2.03. The lowest BCUT2D eigenvalue weighted by molar-refractivity contribution is 0.0863. The van der Waals surface area contributed by atoms with Crippen LogP contribution in [0.15, 0.2) is 6.07 Å². The lowest BCUT2D eigenvalue weighted by Gasteiger charge is -2.27. The van der Waals surface area contributed by atoms with E-state index in [1.54, 1.807) is 6.07 Å². The maximum atomic E-state index is 12.3. The highest BCUT2D eigenvalue weighted by molar-refractivity contribution is 7.20. The predicted molar refractivity (Wildman–Crippen MR) is 79.6 cm³/mol. The third-order valence-electron chi connectivity index (χ3n) is 3.53. The van der Waals surface area contributed by atoms with Crippen molar-refractivity contribution in [3.63, 3.8) is 0 Å². The number of Topliss-reactive ketones (excluding diaryl/α,β-unsaturated/α-hetero) is 1. The summed E-state index contributed by atoms with van der Waals surface area (Å²) in [6.45, 7) is 0.909. The summed E-state index contributed by atoms with van der Waals surface area (Å²) in [4.78, 5) is 14.3. The van der Waals surface area contributed by atoms with Crippen LogP contribution in [0.5, 0.6) is 0 Å². The number of ketones is 1. The van der Waals surface area contributed by atoms with Crippen LogP contribution in [0, 0.1) is 0 Å². The quantitative estimate of drug-likeness (QED) is 0.815. The third kappa shape index (κ3) is 3.92. The Kier molecular flexibility index (Phi) is 5.66. The molecule has 0 spiro atoms. The summed E-state index contributed by atoms with van der Waals surface area (Å²) < 4.78 is 0.980. The minimum absolute atomic E-state index is 0.0199. The number of nitrogens with zero attached hydrogens (tertiary/aromatic N) is 1. The van der Waals surface area contributed by atoms with Gasteiger partial charge in [0.15, 0.2) is 5.78 Å². The number of carbonyl (C=O) groups excluding carboxylic acids is 1. The van der Waals surface area contributed by atoms with Gasteiger partial charge in [-0.1, -0.05) is 36.0 Å². The minimum atomic E-state index is -0.0199. The van der Waals surface area contributed by atoms with Gasteiger partial charge in [-0.15, -0.1) is 11.3 Å². The average Bonchev–Trinajstić information content (AvgIpc) is 2.98. The van der Waals surface area contributed by atoms with Crippen molar-refractivity contribution in [1.82, 2.24) is 4.90 Å². The van der Waals surface area contributed by atoms with E-state index in [-0.39, 0.29) is 12.4 Å². The molecule has 6 heteroatoms. The van der Waals surface area contributed by atoms with Crippen LogP contribution in [0.25, 0.3) is 0 Å². The zero-order valence-corrected chi connectivity index (χ0v) is 12.9. The normalized spacial score (nSPS) is 16.4. The summed E-state index contributed by atoms with van der Waals surface area (Å²) in [5, 5.41) is 9.14. The van der Waals surface area contributed by atoms with E-state index in [1.165, 1.54) is 24.2 Å². The van der Waals surface area contributed by atoms with Gasteiger partial charge in [0.2, 0.25) is 0 Å². The fourth-order valence-corrected chi connectivity index (χ4v) is 4.09. The molecule has 0 unspecified atom stereocenters. The number of halogens is 2. The van der Waals surface area contributed by atoms with Gasteiger partial charge < -0.3 is 5.11 Å². The Morgan fingerprint density at radius 2 is 2.11 bits per heavy atom. The molecule has 0 atom stereocenters. The van der Waals surface area contributed by atoms with Gasteiger partial charge in [-0.3, -0.25) is 9.69 Å². The van der Waals surface area contributed by atoms with Crippen molar-refractivity contribution in [2.24, 2.45) is 0 Å². The molecule has 0 amide bonds. The number of aliphatic hydroxyl groups is 1. The number of hydrogen-bond acceptors (Lipinski definition) is 4. The second kappa shape index (κ2) is 7.04. The van der Waals surface area contributed by atoms with Gasteiger partial charge in [0.1, 0.15) is 4.34 Å². The van der Waals surface area contributed by atoms with Crippen LogP contribution < -0.4 is 0 Å². The molecule has 2 rings (SSSR count). The largest absolute Gasteiger partial charge is 0.395 e. The van der Waals surface area contributed by atoms with E-state index in [1.807, 2.05) is 0 Å². The molecule has 1 N–H and O–H groups in total. The highest BCUT2D eigenvalue weighted by atomic mass is 35.5. The smallest absolute Gasteiger partial charge is 0.179 e. The maximum absolute atomic E-state index is 12.3. The Labute approximate surface area is 127 Å². The van der Waals surface area contributed by atoms with Crippen LogP contribution in [-0.4, -0.2) is 41.5 Å². The SMILES string of the molecule is O=C(CN(CCO)C1CCCC1)c1cc(Cl)sc1Cl. The van der Waals surface area contributed by atoms with Crippen LogP contribution >= 0.6 is 34.5 Å². The van der Waals surface area contributed by atoms with Gasteiger partial charge in [0.25, 0.3) is 0 Å². The zero-order valence-electron chi connectivity index (χ0n) is 10.6. The summed E-state index contributed by atoms with van der Waals surface area (Å²) in [7, 11) is 0. The van der Waals surface area contributed by atoms with Crippen molar-refractivity contribution in [3.8, 4) is 0 Å². The lowest BCUT2D eigenvalue weighted by Crippen LogP contribution is -2.39. The van der Waals surface area contributed by atoms with E-state index in [9.17, 15) is 4.79 Å². The van der Waals surface area contributed by atoms with Gasteiger partial charge in [-0.25, -0.2) is 0 Å². The van der Waals surface area contributed by atoms with Gasteiger partial charge in [-0.2, -0.15) is 0 Å². The summed E-state index contributed by atoms with van der Waals surface area (Å²) in [5.74, 6) is -0.0199. The zero-order chi connectivity index (χ0) is 13.8. The fraction of sp³-hybridized carbons (Fsp3) is 0.615. The van der Waals surface area contributed by atoms with Crippen LogP contribution in [0.3, 0.4) is 0 Å². The highest BCUT2D eigenvalue weighted by Gasteiger charge is 2.25. The predicted octanol–water partition coefficient (Wildman–Crippen LogP) is 3.47. The average molecular weight is 322 g/mol. The topological polar surface area (TPSA) is 40.5 Å². The second-order valence-corrected chi connectivity index (χ2v) is 7.08. The number of carbonyl (C=O) groups is 1. The monoisotopic (exact) mass is 321 g/mol. The van der Waals surface area contributed by atoms with Gasteiger partial charge in [0.05, 0.1) is 23.1 Å². The molecular formula is C13H17Cl2NO2S. The van der Waals surface area contributed by atoms with Crippen molar-refractivity contribution in [2.75, 3.05) is 19.7 Å². The molecule has 3 nitrogen and oxygen atoms in total. The first-order chi connectivity index (χ1) is 9.11. The van der Waals surface area contributed by atoms with Crippen LogP contribution in [0.1, 0.15) is 36.0 Å². The van der Waals surface area contributed by atoms with Crippen molar-refractivity contribution >= 4 is 40.3 Å². The molecule has 106 valence electrons. The van der Waals surface area contributed by atoms with Crippen LogP contribution in [-0.2, 0) is 0 Å². The van der Waals surface area contributed by atoms with Crippen LogP contribution in [0.2, 0.25) is 8.67 Å². The molecule has 0 saturated heterocycles. The molecule has 1 saturated carbocycles. The van der Waals surface area contributed by atoms with E-state index in [2.05, 4.69) is 4.90 Å². The minimum Gasteiger partial charge on any atom is -0.395 e. The molecule has 0 radical (unpaired) electrons. The van der Waals surface area contributed by atoms with Crippen LogP contribution in [0.4, 0.5) is 0 Å². The second-order valence-electron chi connectivity index (χ2n) is 4.79. The highest BCUT2D eigenvalue weighted by Crippen LogP contribution is 2.32. The summed E-state index contributed by atoms with van der Waals surface area (Å²) in [5.41, 5.74) is 0.498. The fourth-order valence-electron chi connectivity index (χ4n) is 2.59. The van der Waals surface area contributed by atoms with Crippen molar-refractivity contribution in [2.45, 2.75) is 31.7 Å². The van der Waals surface area contributed by atoms with Crippen molar-refractivity contribution in [3.05, 3.63) is 20.3 Å². The standard InChI is InChI=1S/C13H17Cl2NO2S/c14-12-7-10(13(15)19-12)11(18)8-16(5-6-17)9-3-1-2-4-9/h7,9,17H,1-6,8H2. The Hall–Kier alpha value is -0.130. The number of thiophene rings is 1. The Morgan fingerprint density at radius 3 is 2.63 bits per heavy atom. The van der Waals surface area contributed by atoms with E-state index in [4.69, 9.17) is 28.3 Å². The number of rotatable bonds is 6.